The lowest BCUT2D eigenvalue weighted by atomic mass is 10.0. The van der Waals surface area contributed by atoms with Crippen LogP contribution in [0.15, 0.2) is 22.7 Å². The Labute approximate surface area is 136 Å². The molecule has 114 valence electrons. The minimum absolute atomic E-state index is 0.130. The zero-order valence-electron chi connectivity index (χ0n) is 11.4. The molecule has 0 radical (unpaired) electrons. The molecule has 1 aromatic carbocycles. The molecule has 1 N–H and O–H groups in total. The topological polar surface area (TPSA) is 66.8 Å². The largest absolute Gasteiger partial charge is 0.481 e. The van der Waals surface area contributed by atoms with Gasteiger partial charge in [0.25, 0.3) is 5.91 Å². The van der Waals surface area contributed by atoms with Crippen LogP contribution in [0.3, 0.4) is 0 Å². The maximum atomic E-state index is 12.6. The van der Waals surface area contributed by atoms with Crippen LogP contribution >= 0.6 is 27.5 Å². The lowest BCUT2D eigenvalue weighted by Crippen LogP contribution is -2.46. The quantitative estimate of drug-likeness (QED) is 0.877. The predicted molar refractivity (Wildman–Crippen MR) is 81.6 cm³/mol. The Kier molecular flexibility index (Phi) is 5.24. The number of benzene rings is 1. The third-order valence-electron chi connectivity index (χ3n) is 3.54. The van der Waals surface area contributed by atoms with Gasteiger partial charge in [-0.15, -0.1) is 0 Å². The molecule has 2 rings (SSSR count). The highest BCUT2D eigenvalue weighted by molar-refractivity contribution is 9.10. The van der Waals surface area contributed by atoms with Crippen molar-refractivity contribution in [2.24, 2.45) is 5.92 Å². The second-order valence-electron chi connectivity index (χ2n) is 4.77. The van der Waals surface area contributed by atoms with E-state index in [-0.39, 0.29) is 19.1 Å². The number of rotatable bonds is 4. The number of carboxylic acids is 1. The van der Waals surface area contributed by atoms with Gasteiger partial charge >= 0.3 is 5.97 Å². The highest BCUT2D eigenvalue weighted by Gasteiger charge is 2.39. The molecule has 1 heterocycles. The zero-order valence-corrected chi connectivity index (χ0v) is 13.7. The SMILES string of the molecule is CCN(C(=O)c1ccc(Br)c(Cl)c1)C1COCC1C(=O)O. The van der Waals surface area contributed by atoms with Gasteiger partial charge in [-0.2, -0.15) is 0 Å². The van der Waals surface area contributed by atoms with Crippen LogP contribution in [0.1, 0.15) is 17.3 Å². The van der Waals surface area contributed by atoms with Crippen LogP contribution in [-0.2, 0) is 9.53 Å². The molecule has 2 atom stereocenters. The summed E-state index contributed by atoms with van der Waals surface area (Å²) in [5.74, 6) is -1.88. The van der Waals surface area contributed by atoms with Crippen LogP contribution in [-0.4, -0.2) is 47.7 Å². The molecule has 0 bridgehead atoms. The van der Waals surface area contributed by atoms with E-state index >= 15 is 0 Å². The fourth-order valence-electron chi connectivity index (χ4n) is 2.41. The van der Waals surface area contributed by atoms with Crippen LogP contribution in [0, 0.1) is 5.92 Å². The molecule has 21 heavy (non-hydrogen) atoms. The van der Waals surface area contributed by atoms with Crippen LogP contribution in [0.2, 0.25) is 5.02 Å². The number of carbonyl (C=O) groups excluding carboxylic acids is 1. The summed E-state index contributed by atoms with van der Waals surface area (Å²) >= 11 is 9.28. The summed E-state index contributed by atoms with van der Waals surface area (Å²) < 4.78 is 5.94. The van der Waals surface area contributed by atoms with Crippen molar-refractivity contribution in [2.45, 2.75) is 13.0 Å². The van der Waals surface area contributed by atoms with E-state index in [9.17, 15) is 14.7 Å². The van der Waals surface area contributed by atoms with Gasteiger partial charge in [0.05, 0.1) is 24.3 Å². The van der Waals surface area contributed by atoms with Crippen molar-refractivity contribution in [3.63, 3.8) is 0 Å². The van der Waals surface area contributed by atoms with E-state index in [1.807, 2.05) is 6.92 Å². The van der Waals surface area contributed by atoms with Crippen molar-refractivity contribution in [1.29, 1.82) is 0 Å². The number of aliphatic carboxylic acids is 1. The van der Waals surface area contributed by atoms with E-state index in [0.29, 0.717) is 21.6 Å². The minimum Gasteiger partial charge on any atom is -0.481 e. The van der Waals surface area contributed by atoms with E-state index < -0.39 is 17.9 Å². The number of halogens is 2. The first-order chi connectivity index (χ1) is 9.95. The third kappa shape index (κ3) is 3.39. The summed E-state index contributed by atoms with van der Waals surface area (Å²) in [4.78, 5) is 25.4. The Morgan fingerprint density at radius 1 is 1.48 bits per heavy atom. The summed E-state index contributed by atoms with van der Waals surface area (Å²) in [6.07, 6.45) is 0. The molecule has 0 spiro atoms. The Morgan fingerprint density at radius 3 is 2.76 bits per heavy atom. The van der Waals surface area contributed by atoms with Crippen molar-refractivity contribution in [3.8, 4) is 0 Å². The average molecular weight is 377 g/mol. The highest BCUT2D eigenvalue weighted by Crippen LogP contribution is 2.26. The van der Waals surface area contributed by atoms with Crippen molar-refractivity contribution < 1.29 is 19.4 Å². The fraction of sp³-hybridized carbons (Fsp3) is 0.429. The molecule has 0 saturated carbocycles. The van der Waals surface area contributed by atoms with Crippen molar-refractivity contribution in [1.82, 2.24) is 4.90 Å². The lowest BCUT2D eigenvalue weighted by molar-refractivity contribution is -0.142. The molecule has 1 aliphatic rings. The van der Waals surface area contributed by atoms with Gasteiger partial charge in [0.1, 0.15) is 5.92 Å². The number of carbonyl (C=O) groups is 2. The number of carboxylic acid groups (broad SMARTS) is 1. The van der Waals surface area contributed by atoms with Crippen LogP contribution in [0.25, 0.3) is 0 Å². The first-order valence-electron chi connectivity index (χ1n) is 6.52. The molecular formula is C14H15BrClNO4. The predicted octanol–water partition coefficient (Wildman–Crippen LogP) is 2.66. The average Bonchev–Trinajstić information content (AvgIpc) is 2.92. The maximum absolute atomic E-state index is 12.6. The Bertz CT molecular complexity index is 566. The van der Waals surface area contributed by atoms with E-state index in [4.69, 9.17) is 16.3 Å². The van der Waals surface area contributed by atoms with Gasteiger partial charge in [-0.05, 0) is 41.1 Å². The molecule has 1 saturated heterocycles. The third-order valence-corrected chi connectivity index (χ3v) is 4.77. The molecule has 1 fully saturated rings. The maximum Gasteiger partial charge on any atom is 0.311 e. The van der Waals surface area contributed by atoms with E-state index in [1.54, 1.807) is 18.2 Å². The highest BCUT2D eigenvalue weighted by atomic mass is 79.9. The second-order valence-corrected chi connectivity index (χ2v) is 6.03. The summed E-state index contributed by atoms with van der Waals surface area (Å²) in [6.45, 7) is 2.59. The van der Waals surface area contributed by atoms with Crippen LogP contribution in [0.5, 0.6) is 0 Å². The smallest absolute Gasteiger partial charge is 0.311 e. The van der Waals surface area contributed by atoms with Crippen molar-refractivity contribution in [2.75, 3.05) is 19.8 Å². The second kappa shape index (κ2) is 6.77. The first-order valence-corrected chi connectivity index (χ1v) is 7.69. The molecule has 0 aromatic heterocycles. The van der Waals surface area contributed by atoms with Gasteiger partial charge in [0.15, 0.2) is 0 Å². The van der Waals surface area contributed by atoms with Crippen molar-refractivity contribution in [3.05, 3.63) is 33.3 Å². The summed E-state index contributed by atoms with van der Waals surface area (Å²) in [6, 6.07) is 4.47. The number of hydrogen-bond acceptors (Lipinski definition) is 3. The summed E-state index contributed by atoms with van der Waals surface area (Å²) in [7, 11) is 0. The molecular weight excluding hydrogens is 362 g/mol. The molecule has 0 aliphatic carbocycles. The van der Waals surface area contributed by atoms with Gasteiger partial charge in [-0.3, -0.25) is 9.59 Å². The van der Waals surface area contributed by atoms with Gasteiger partial charge in [-0.25, -0.2) is 0 Å². The standard InChI is InChI=1S/C14H15BrClNO4/c1-2-17(12-7-21-6-9(12)14(19)20)13(18)8-3-4-10(15)11(16)5-8/h3-5,9,12H,2,6-7H2,1H3,(H,19,20). The van der Waals surface area contributed by atoms with E-state index in [0.717, 1.165) is 0 Å². The monoisotopic (exact) mass is 375 g/mol. The van der Waals surface area contributed by atoms with E-state index in [1.165, 1.54) is 4.90 Å². The minimum atomic E-state index is -0.947. The Hall–Kier alpha value is -1.11. The first kappa shape index (κ1) is 16.3. The number of likely N-dealkylation sites (N-methyl/N-ethyl adjacent to an activating group) is 1. The number of hydrogen-bond donors (Lipinski definition) is 1. The van der Waals surface area contributed by atoms with Gasteiger partial charge in [-0.1, -0.05) is 11.6 Å². The molecule has 1 aliphatic heterocycles. The number of ether oxygens (including phenoxy) is 1. The molecule has 1 amide bonds. The molecule has 2 unspecified atom stereocenters. The molecule has 5 nitrogen and oxygen atoms in total. The Balaban J connectivity index is 2.26. The Morgan fingerprint density at radius 2 is 2.19 bits per heavy atom. The number of amides is 1. The van der Waals surface area contributed by atoms with Gasteiger partial charge in [0.2, 0.25) is 0 Å². The van der Waals surface area contributed by atoms with Gasteiger partial charge in [0, 0.05) is 16.6 Å². The summed E-state index contributed by atoms with van der Waals surface area (Å²) in [5, 5.41) is 9.65. The van der Waals surface area contributed by atoms with Crippen LogP contribution in [0.4, 0.5) is 0 Å². The number of nitrogens with zero attached hydrogens (tertiary/aromatic N) is 1. The van der Waals surface area contributed by atoms with Crippen LogP contribution < -0.4 is 0 Å². The summed E-state index contributed by atoms with van der Waals surface area (Å²) in [5.41, 5.74) is 0.432. The molecule has 1 aromatic rings. The fourth-order valence-corrected chi connectivity index (χ4v) is 2.84. The lowest BCUT2D eigenvalue weighted by Gasteiger charge is -2.29. The van der Waals surface area contributed by atoms with E-state index in [2.05, 4.69) is 15.9 Å². The van der Waals surface area contributed by atoms with Crippen molar-refractivity contribution >= 4 is 39.4 Å². The molecule has 7 heteroatoms. The zero-order chi connectivity index (χ0) is 15.6. The van der Waals surface area contributed by atoms with Gasteiger partial charge < -0.3 is 14.7 Å². The normalized spacial score (nSPS) is 21.3.